The van der Waals surface area contributed by atoms with Gasteiger partial charge < -0.3 is 4.74 Å². The Morgan fingerprint density at radius 2 is 1.69 bits per heavy atom. The highest BCUT2D eigenvalue weighted by molar-refractivity contribution is 6.39. The molecular weight excluding hydrogens is 435 g/mol. The van der Waals surface area contributed by atoms with Crippen LogP contribution in [0, 0.1) is 5.82 Å². The maximum absolute atomic E-state index is 13.8. The fraction of sp³-hybridized carbons (Fsp3) is 0.0417. The van der Waals surface area contributed by atoms with E-state index in [9.17, 15) is 18.8 Å². The Morgan fingerprint density at radius 1 is 0.969 bits per heavy atom. The van der Waals surface area contributed by atoms with Crippen LogP contribution in [0.3, 0.4) is 0 Å². The van der Waals surface area contributed by atoms with Crippen molar-refractivity contribution in [1.29, 1.82) is 0 Å². The van der Waals surface area contributed by atoms with Crippen LogP contribution in [0.2, 0.25) is 5.02 Å². The minimum atomic E-state index is -0.821. The molecule has 0 aliphatic carbocycles. The van der Waals surface area contributed by atoms with Gasteiger partial charge in [-0.2, -0.15) is 0 Å². The quantitative estimate of drug-likeness (QED) is 0.450. The highest BCUT2D eigenvalue weighted by Crippen LogP contribution is 2.28. The van der Waals surface area contributed by atoms with Crippen molar-refractivity contribution in [2.24, 2.45) is 0 Å². The van der Waals surface area contributed by atoms with E-state index in [2.05, 4.69) is 5.32 Å². The van der Waals surface area contributed by atoms with E-state index in [0.29, 0.717) is 22.6 Å². The van der Waals surface area contributed by atoms with Crippen molar-refractivity contribution >= 4 is 41.2 Å². The number of hydrogen-bond donors (Lipinski definition) is 1. The second-order valence-electron chi connectivity index (χ2n) is 6.86. The fourth-order valence-corrected chi connectivity index (χ4v) is 3.37. The molecule has 3 aromatic rings. The summed E-state index contributed by atoms with van der Waals surface area (Å²) in [6.45, 7) is -0.0120. The summed E-state index contributed by atoms with van der Waals surface area (Å²) in [5, 5.41) is 2.38. The Balaban J connectivity index is 1.56. The van der Waals surface area contributed by atoms with Crippen LogP contribution < -0.4 is 15.0 Å². The lowest BCUT2D eigenvalue weighted by atomic mass is 10.1. The van der Waals surface area contributed by atoms with Gasteiger partial charge in [0.15, 0.2) is 0 Å². The van der Waals surface area contributed by atoms with Crippen LogP contribution in [0.1, 0.15) is 11.1 Å². The summed E-state index contributed by atoms with van der Waals surface area (Å²) in [6.07, 6.45) is 1.34. The summed E-state index contributed by atoms with van der Waals surface area (Å²) in [7, 11) is 0. The first-order chi connectivity index (χ1) is 15.4. The first-order valence-corrected chi connectivity index (χ1v) is 9.94. The molecule has 6 nitrogen and oxygen atoms in total. The third-order valence-corrected chi connectivity index (χ3v) is 5.02. The number of nitrogens with zero attached hydrogens (tertiary/aromatic N) is 1. The van der Waals surface area contributed by atoms with E-state index in [1.54, 1.807) is 60.7 Å². The number of carbonyl (C=O) groups excluding carboxylic acids is 3. The van der Waals surface area contributed by atoms with Crippen molar-refractivity contribution in [2.45, 2.75) is 6.61 Å². The molecule has 1 fully saturated rings. The summed E-state index contributed by atoms with van der Waals surface area (Å²) in [6, 6.07) is 18.3. The molecule has 0 saturated carbocycles. The van der Waals surface area contributed by atoms with E-state index >= 15 is 0 Å². The molecule has 3 aromatic carbocycles. The number of rotatable bonds is 5. The third kappa shape index (κ3) is 4.38. The predicted octanol–water partition coefficient (Wildman–Crippen LogP) is 4.72. The Labute approximate surface area is 187 Å². The van der Waals surface area contributed by atoms with Gasteiger partial charge in [-0.1, -0.05) is 54.1 Å². The van der Waals surface area contributed by atoms with Crippen LogP contribution in [0.25, 0.3) is 6.08 Å². The number of amides is 4. The fourth-order valence-electron chi connectivity index (χ4n) is 3.13. The highest BCUT2D eigenvalue weighted by Gasteiger charge is 2.36. The largest absolute Gasteiger partial charge is 0.487 e. The number of nitrogens with one attached hydrogen (secondary N) is 1. The zero-order valence-corrected chi connectivity index (χ0v) is 17.3. The van der Waals surface area contributed by atoms with Crippen LogP contribution in [-0.2, 0) is 16.2 Å². The molecule has 4 rings (SSSR count). The molecule has 1 aliphatic rings. The number of barbiturate groups is 1. The topological polar surface area (TPSA) is 75.7 Å². The number of ether oxygens (including phenoxy) is 1. The summed E-state index contributed by atoms with van der Waals surface area (Å²) in [5.74, 6) is -1.62. The Kier molecular flexibility index (Phi) is 6.00. The molecule has 1 aliphatic heterocycles. The van der Waals surface area contributed by atoms with Crippen molar-refractivity contribution in [3.8, 4) is 5.75 Å². The average molecular weight is 451 g/mol. The van der Waals surface area contributed by atoms with Crippen molar-refractivity contribution in [3.63, 3.8) is 0 Å². The lowest BCUT2D eigenvalue weighted by molar-refractivity contribution is -0.122. The number of urea groups is 1. The molecule has 0 spiro atoms. The number of para-hydroxylation sites is 1. The van der Waals surface area contributed by atoms with Crippen molar-refractivity contribution in [2.75, 3.05) is 4.90 Å². The molecular formula is C24H16ClFN2O4. The predicted molar refractivity (Wildman–Crippen MR) is 118 cm³/mol. The number of carbonyl (C=O) groups is 3. The zero-order chi connectivity index (χ0) is 22.7. The third-order valence-electron chi connectivity index (χ3n) is 4.72. The van der Waals surface area contributed by atoms with Crippen molar-refractivity contribution in [3.05, 3.63) is 100 Å². The van der Waals surface area contributed by atoms with Crippen molar-refractivity contribution < 1.29 is 23.5 Å². The monoisotopic (exact) mass is 450 g/mol. The van der Waals surface area contributed by atoms with Gasteiger partial charge in [0, 0.05) is 5.56 Å². The smallest absolute Gasteiger partial charge is 0.335 e. The normalized spacial score (nSPS) is 15.1. The van der Waals surface area contributed by atoms with Crippen molar-refractivity contribution in [1.82, 2.24) is 5.32 Å². The van der Waals surface area contributed by atoms with Gasteiger partial charge in [-0.15, -0.1) is 0 Å². The van der Waals surface area contributed by atoms with Crippen LogP contribution in [0.4, 0.5) is 14.9 Å². The van der Waals surface area contributed by atoms with Gasteiger partial charge in [0.2, 0.25) is 0 Å². The minimum absolute atomic E-state index is 0.0120. The molecule has 8 heteroatoms. The molecule has 0 radical (unpaired) electrons. The standard InChI is InChI=1S/C24H16ClFN2O4/c25-19-13-15(10-11-21(19)32-14-16-6-4-5-9-20(16)26)12-18-22(29)27-24(31)28(23(18)30)17-7-2-1-3-8-17/h1-13H,14H2,(H,27,29,31). The van der Waals surface area contributed by atoms with Crippen LogP contribution in [0.5, 0.6) is 5.75 Å². The summed E-state index contributed by atoms with van der Waals surface area (Å²) < 4.78 is 19.3. The number of halogens is 2. The van der Waals surface area contributed by atoms with Gasteiger partial charge in [0.25, 0.3) is 11.8 Å². The van der Waals surface area contributed by atoms with Gasteiger partial charge >= 0.3 is 6.03 Å². The molecule has 1 N–H and O–H groups in total. The second-order valence-corrected chi connectivity index (χ2v) is 7.27. The first kappa shape index (κ1) is 21.3. The van der Waals surface area contributed by atoms with Gasteiger partial charge in [0.05, 0.1) is 10.7 Å². The molecule has 32 heavy (non-hydrogen) atoms. The number of imide groups is 2. The summed E-state index contributed by atoms with van der Waals surface area (Å²) in [4.78, 5) is 38.3. The van der Waals surface area contributed by atoms with E-state index in [0.717, 1.165) is 4.90 Å². The van der Waals surface area contributed by atoms with Gasteiger partial charge in [-0.25, -0.2) is 14.1 Å². The molecule has 0 bridgehead atoms. The number of benzene rings is 3. The average Bonchev–Trinajstić information content (AvgIpc) is 2.78. The zero-order valence-electron chi connectivity index (χ0n) is 16.5. The van der Waals surface area contributed by atoms with Gasteiger partial charge in [-0.05, 0) is 42.0 Å². The lowest BCUT2D eigenvalue weighted by Crippen LogP contribution is -2.54. The molecule has 4 amide bonds. The first-order valence-electron chi connectivity index (χ1n) is 9.56. The highest BCUT2D eigenvalue weighted by atomic mass is 35.5. The molecule has 0 aromatic heterocycles. The van der Waals surface area contributed by atoms with Crippen LogP contribution in [0.15, 0.2) is 78.4 Å². The molecule has 0 unspecified atom stereocenters. The van der Waals surface area contributed by atoms with E-state index in [1.807, 2.05) is 0 Å². The molecule has 160 valence electrons. The SMILES string of the molecule is O=C1NC(=O)N(c2ccccc2)C(=O)C1=Cc1ccc(OCc2ccccc2F)c(Cl)c1. The summed E-state index contributed by atoms with van der Waals surface area (Å²) in [5.41, 5.74) is 0.951. The minimum Gasteiger partial charge on any atom is -0.487 e. The molecule has 1 heterocycles. The Bertz CT molecular complexity index is 1240. The van der Waals surface area contributed by atoms with Crippen LogP contribution in [-0.4, -0.2) is 17.8 Å². The number of hydrogen-bond acceptors (Lipinski definition) is 4. The second kappa shape index (κ2) is 9.03. The van der Waals surface area contributed by atoms with Gasteiger partial charge in [0.1, 0.15) is 23.7 Å². The summed E-state index contributed by atoms with van der Waals surface area (Å²) >= 11 is 6.28. The van der Waals surface area contributed by atoms with Gasteiger partial charge in [-0.3, -0.25) is 14.9 Å². The Morgan fingerprint density at radius 3 is 2.41 bits per heavy atom. The van der Waals surface area contributed by atoms with E-state index in [1.165, 1.54) is 18.2 Å². The number of anilines is 1. The lowest BCUT2D eigenvalue weighted by Gasteiger charge is -2.26. The Hall–Kier alpha value is -3.97. The van der Waals surface area contributed by atoms with E-state index < -0.39 is 17.8 Å². The van der Waals surface area contributed by atoms with Crippen LogP contribution >= 0.6 is 11.6 Å². The molecule has 0 atom stereocenters. The maximum atomic E-state index is 13.8. The van der Waals surface area contributed by atoms with E-state index in [4.69, 9.17) is 16.3 Å². The molecule has 1 saturated heterocycles. The van der Waals surface area contributed by atoms with E-state index in [-0.39, 0.29) is 23.0 Å². The maximum Gasteiger partial charge on any atom is 0.335 e.